The molecule has 1 rings (SSSR count). The van der Waals surface area contributed by atoms with Crippen molar-refractivity contribution in [3.63, 3.8) is 0 Å². The Bertz CT molecular complexity index is 339. The Morgan fingerprint density at radius 1 is 1.53 bits per heavy atom. The van der Waals surface area contributed by atoms with E-state index in [2.05, 4.69) is 10.5 Å². The van der Waals surface area contributed by atoms with Crippen LogP contribution in [0, 0.1) is 0 Å². The summed E-state index contributed by atoms with van der Waals surface area (Å²) < 4.78 is 4.94. The second-order valence-corrected chi connectivity index (χ2v) is 2.82. The van der Waals surface area contributed by atoms with E-state index in [0.717, 1.165) is 5.56 Å². The van der Waals surface area contributed by atoms with E-state index in [1.807, 2.05) is 0 Å². The minimum Gasteiger partial charge on any atom is -0.504 e. The van der Waals surface area contributed by atoms with E-state index < -0.39 is 0 Å². The number of phenolic OH excluding ortho intramolecular Hbond substituents is 1. The highest BCUT2D eigenvalue weighted by Gasteiger charge is 2.00. The van der Waals surface area contributed by atoms with Gasteiger partial charge in [-0.25, -0.2) is 0 Å². The van der Waals surface area contributed by atoms with Crippen molar-refractivity contribution in [3.05, 3.63) is 23.8 Å². The van der Waals surface area contributed by atoms with Crippen LogP contribution < -0.4 is 10.2 Å². The number of nitrogens with zero attached hydrogens (tertiary/aromatic N) is 1. The molecule has 0 amide bonds. The zero-order chi connectivity index (χ0) is 11.1. The van der Waals surface area contributed by atoms with Crippen LogP contribution in [0.4, 0.5) is 0 Å². The number of methoxy groups -OCH3 is 1. The van der Waals surface area contributed by atoms with Crippen LogP contribution >= 0.6 is 0 Å². The lowest BCUT2D eigenvalue weighted by atomic mass is 10.2. The summed E-state index contributed by atoms with van der Waals surface area (Å²) >= 11 is 0. The highest BCUT2D eigenvalue weighted by Crippen LogP contribution is 2.25. The highest BCUT2D eigenvalue weighted by atomic mass is 16.5. The lowest BCUT2D eigenvalue weighted by Crippen LogP contribution is -2.11. The Labute approximate surface area is 88.0 Å². The summed E-state index contributed by atoms with van der Waals surface area (Å²) in [5, 5.41) is 21.7. The standard InChI is InChI=1S/C10H14N2O3/c1-15-10-6-8(2-3-9(10)14)7-12-11-4-5-13/h2-3,6-7,11,13-14H,4-5H2,1H3/b12-7+. The lowest BCUT2D eigenvalue weighted by molar-refractivity contribution is 0.294. The number of aromatic hydroxyl groups is 1. The molecular weight excluding hydrogens is 196 g/mol. The molecule has 3 N–H and O–H groups in total. The van der Waals surface area contributed by atoms with Gasteiger partial charge in [-0.05, 0) is 23.8 Å². The first-order valence-electron chi connectivity index (χ1n) is 4.51. The third-order valence-electron chi connectivity index (χ3n) is 1.73. The predicted molar refractivity (Wildman–Crippen MR) is 57.3 cm³/mol. The Kier molecular flexibility index (Phi) is 4.43. The molecule has 0 unspecified atom stereocenters. The van der Waals surface area contributed by atoms with Gasteiger partial charge in [0, 0.05) is 0 Å². The van der Waals surface area contributed by atoms with Crippen molar-refractivity contribution in [2.45, 2.75) is 0 Å². The molecule has 0 fully saturated rings. The van der Waals surface area contributed by atoms with Crippen molar-refractivity contribution in [2.24, 2.45) is 5.10 Å². The zero-order valence-electron chi connectivity index (χ0n) is 8.47. The number of hydrogen-bond donors (Lipinski definition) is 3. The van der Waals surface area contributed by atoms with Crippen molar-refractivity contribution in [1.29, 1.82) is 0 Å². The van der Waals surface area contributed by atoms with Crippen LogP contribution in [-0.4, -0.2) is 36.7 Å². The molecule has 0 aliphatic carbocycles. The fourth-order valence-corrected chi connectivity index (χ4v) is 1.01. The highest BCUT2D eigenvalue weighted by molar-refractivity contribution is 5.80. The van der Waals surface area contributed by atoms with Crippen molar-refractivity contribution in [1.82, 2.24) is 5.43 Å². The molecule has 0 radical (unpaired) electrons. The topological polar surface area (TPSA) is 74.1 Å². The monoisotopic (exact) mass is 210 g/mol. The van der Waals surface area contributed by atoms with E-state index in [4.69, 9.17) is 9.84 Å². The largest absolute Gasteiger partial charge is 0.504 e. The molecule has 0 bridgehead atoms. The lowest BCUT2D eigenvalue weighted by Gasteiger charge is -2.03. The van der Waals surface area contributed by atoms with Gasteiger partial charge in [0.25, 0.3) is 0 Å². The van der Waals surface area contributed by atoms with E-state index in [1.165, 1.54) is 13.2 Å². The van der Waals surface area contributed by atoms with Gasteiger partial charge in [0.2, 0.25) is 0 Å². The number of nitrogens with one attached hydrogen (secondary N) is 1. The fourth-order valence-electron chi connectivity index (χ4n) is 1.01. The van der Waals surface area contributed by atoms with Crippen LogP contribution in [0.2, 0.25) is 0 Å². The number of benzene rings is 1. The summed E-state index contributed by atoms with van der Waals surface area (Å²) in [5.41, 5.74) is 3.45. The second-order valence-electron chi connectivity index (χ2n) is 2.82. The molecule has 0 saturated carbocycles. The van der Waals surface area contributed by atoms with Crippen molar-refractivity contribution in [2.75, 3.05) is 20.3 Å². The SMILES string of the molecule is COc1cc(/C=N/NCCO)ccc1O. The molecular formula is C10H14N2O3. The number of aliphatic hydroxyl groups is 1. The summed E-state index contributed by atoms with van der Waals surface area (Å²) in [6.45, 7) is 0.446. The van der Waals surface area contributed by atoms with Crippen LogP contribution in [-0.2, 0) is 0 Å². The van der Waals surface area contributed by atoms with Crippen LogP contribution in [0.15, 0.2) is 23.3 Å². The van der Waals surface area contributed by atoms with Gasteiger partial charge in [-0.2, -0.15) is 5.10 Å². The Morgan fingerprint density at radius 3 is 3.00 bits per heavy atom. The van der Waals surface area contributed by atoms with E-state index in [0.29, 0.717) is 12.3 Å². The Balaban J connectivity index is 2.65. The van der Waals surface area contributed by atoms with Gasteiger partial charge in [-0.3, -0.25) is 0 Å². The molecule has 0 atom stereocenters. The molecule has 0 aliphatic heterocycles. The number of rotatable bonds is 5. The van der Waals surface area contributed by atoms with Gasteiger partial charge in [0.1, 0.15) is 0 Å². The number of hydrogen-bond acceptors (Lipinski definition) is 5. The molecule has 5 nitrogen and oxygen atoms in total. The van der Waals surface area contributed by atoms with E-state index in [9.17, 15) is 5.11 Å². The van der Waals surface area contributed by atoms with Gasteiger partial charge >= 0.3 is 0 Å². The summed E-state index contributed by atoms with van der Waals surface area (Å²) in [6, 6.07) is 4.91. The summed E-state index contributed by atoms with van der Waals surface area (Å²) in [5.74, 6) is 0.499. The molecule has 0 saturated heterocycles. The normalized spacial score (nSPS) is 10.5. The maximum Gasteiger partial charge on any atom is 0.161 e. The van der Waals surface area contributed by atoms with Gasteiger partial charge in [-0.15, -0.1) is 0 Å². The third kappa shape index (κ3) is 3.47. The Hall–Kier alpha value is -1.75. The minimum absolute atomic E-state index is 0.0379. The minimum atomic E-state index is 0.0379. The maximum atomic E-state index is 9.33. The molecule has 0 aliphatic rings. The first-order valence-corrected chi connectivity index (χ1v) is 4.51. The quantitative estimate of drug-likeness (QED) is 0.371. The van der Waals surface area contributed by atoms with Crippen molar-refractivity contribution >= 4 is 6.21 Å². The third-order valence-corrected chi connectivity index (χ3v) is 1.73. The fraction of sp³-hybridized carbons (Fsp3) is 0.300. The molecule has 15 heavy (non-hydrogen) atoms. The average Bonchev–Trinajstić information content (AvgIpc) is 2.26. The van der Waals surface area contributed by atoms with E-state index in [1.54, 1.807) is 18.3 Å². The first-order chi connectivity index (χ1) is 7.27. The van der Waals surface area contributed by atoms with Gasteiger partial charge < -0.3 is 20.4 Å². The molecule has 1 aromatic rings. The molecule has 0 spiro atoms. The molecule has 82 valence electrons. The van der Waals surface area contributed by atoms with Gasteiger partial charge in [0.15, 0.2) is 11.5 Å². The van der Waals surface area contributed by atoms with Gasteiger partial charge in [-0.1, -0.05) is 0 Å². The zero-order valence-corrected chi connectivity index (χ0v) is 8.47. The number of hydrazone groups is 1. The number of aliphatic hydroxyl groups excluding tert-OH is 1. The smallest absolute Gasteiger partial charge is 0.161 e. The molecule has 1 aromatic carbocycles. The molecule has 0 aromatic heterocycles. The van der Waals surface area contributed by atoms with E-state index in [-0.39, 0.29) is 12.4 Å². The van der Waals surface area contributed by atoms with Crippen LogP contribution in [0.1, 0.15) is 5.56 Å². The summed E-state index contributed by atoms with van der Waals surface area (Å²) in [4.78, 5) is 0. The number of phenols is 1. The summed E-state index contributed by atoms with van der Waals surface area (Å²) in [7, 11) is 1.49. The van der Waals surface area contributed by atoms with Crippen LogP contribution in [0.25, 0.3) is 0 Å². The predicted octanol–water partition coefficient (Wildman–Crippen LogP) is 0.317. The average molecular weight is 210 g/mol. The second kappa shape index (κ2) is 5.87. The molecule has 5 heteroatoms. The van der Waals surface area contributed by atoms with Crippen molar-refractivity contribution < 1.29 is 14.9 Å². The van der Waals surface area contributed by atoms with Gasteiger partial charge in [0.05, 0.1) is 26.5 Å². The summed E-state index contributed by atoms with van der Waals surface area (Å²) in [6.07, 6.45) is 1.58. The first kappa shape index (κ1) is 11.3. The number of ether oxygens (including phenoxy) is 1. The van der Waals surface area contributed by atoms with Crippen molar-refractivity contribution in [3.8, 4) is 11.5 Å². The molecule has 0 heterocycles. The Morgan fingerprint density at radius 2 is 2.33 bits per heavy atom. The van der Waals surface area contributed by atoms with E-state index >= 15 is 0 Å². The van der Waals surface area contributed by atoms with Crippen LogP contribution in [0.3, 0.4) is 0 Å². The van der Waals surface area contributed by atoms with Crippen LogP contribution in [0.5, 0.6) is 11.5 Å². The maximum absolute atomic E-state index is 9.33.